The van der Waals surface area contributed by atoms with Gasteiger partial charge in [0.1, 0.15) is 6.61 Å². The number of carboxylic acid groups (broad SMARTS) is 1. The van der Waals surface area contributed by atoms with Crippen LogP contribution in [0.3, 0.4) is 0 Å². The summed E-state index contributed by atoms with van der Waals surface area (Å²) < 4.78 is 5.50. The van der Waals surface area contributed by atoms with Crippen LogP contribution in [0, 0.1) is 0 Å². The van der Waals surface area contributed by atoms with E-state index in [0.717, 1.165) is 0 Å². The van der Waals surface area contributed by atoms with Crippen molar-refractivity contribution in [2.45, 2.75) is 57.4 Å². The molecule has 0 saturated heterocycles. The highest BCUT2D eigenvalue weighted by molar-refractivity contribution is 5.79. The monoisotopic (exact) mass is 452 g/mol. The molecule has 2 aromatic rings. The van der Waals surface area contributed by atoms with E-state index in [-0.39, 0.29) is 30.9 Å². The molecule has 0 spiro atoms. The molecule has 1 aliphatic rings. The number of unbranched alkanes of at least 4 members (excludes halogenated alkanes) is 1. The van der Waals surface area contributed by atoms with Gasteiger partial charge in [-0.2, -0.15) is 0 Å². The van der Waals surface area contributed by atoms with E-state index < -0.39 is 12.1 Å². The molecule has 0 aromatic heterocycles. The maximum absolute atomic E-state index is 12.2. The van der Waals surface area contributed by atoms with E-state index >= 15 is 0 Å². The number of carbonyl (C=O) groups excluding carboxylic acids is 2. The highest BCUT2D eigenvalue weighted by atomic mass is 16.5. The number of alkyl carbamates (subject to hydrolysis) is 1. The highest BCUT2D eigenvalue weighted by Crippen LogP contribution is 2.44. The maximum atomic E-state index is 12.2. The number of benzene rings is 2. The molecule has 7 heteroatoms. The van der Waals surface area contributed by atoms with E-state index in [1.165, 1.54) is 22.3 Å². The van der Waals surface area contributed by atoms with Crippen molar-refractivity contribution in [3.05, 3.63) is 59.7 Å². The zero-order valence-electron chi connectivity index (χ0n) is 19.0. The first kappa shape index (κ1) is 24.3. The number of hydrogen-bond acceptors (Lipinski definition) is 4. The van der Waals surface area contributed by atoms with E-state index in [2.05, 4.69) is 34.9 Å². The van der Waals surface area contributed by atoms with Gasteiger partial charge in [-0.3, -0.25) is 9.59 Å². The molecule has 7 nitrogen and oxygen atoms in total. The van der Waals surface area contributed by atoms with Crippen LogP contribution in [-0.4, -0.2) is 42.3 Å². The summed E-state index contributed by atoms with van der Waals surface area (Å²) in [6, 6.07) is 16.3. The van der Waals surface area contributed by atoms with Crippen molar-refractivity contribution in [2.75, 3.05) is 13.2 Å². The lowest BCUT2D eigenvalue weighted by atomic mass is 9.98. The van der Waals surface area contributed by atoms with E-state index in [1.54, 1.807) is 0 Å². The lowest BCUT2D eigenvalue weighted by Gasteiger charge is -2.16. The lowest BCUT2D eigenvalue weighted by Crippen LogP contribution is -2.34. The van der Waals surface area contributed by atoms with E-state index in [0.29, 0.717) is 38.6 Å². The SMILES string of the molecule is CCC(CCC(=O)O)NC(=O)CCCCNC(=O)OCC1c2ccccc2-c2ccccc21. The molecule has 2 amide bonds. The number of amides is 2. The Morgan fingerprint density at radius 1 is 0.970 bits per heavy atom. The van der Waals surface area contributed by atoms with Crippen molar-refractivity contribution in [1.82, 2.24) is 10.6 Å². The van der Waals surface area contributed by atoms with E-state index in [1.807, 2.05) is 31.2 Å². The highest BCUT2D eigenvalue weighted by Gasteiger charge is 2.28. The number of carboxylic acids is 1. The van der Waals surface area contributed by atoms with Crippen molar-refractivity contribution >= 4 is 18.0 Å². The molecule has 1 unspecified atom stereocenters. The van der Waals surface area contributed by atoms with Gasteiger partial charge in [-0.1, -0.05) is 55.5 Å². The van der Waals surface area contributed by atoms with Gasteiger partial charge in [-0.25, -0.2) is 4.79 Å². The van der Waals surface area contributed by atoms with Crippen molar-refractivity contribution < 1.29 is 24.2 Å². The van der Waals surface area contributed by atoms with Crippen molar-refractivity contribution in [3.8, 4) is 11.1 Å². The molecule has 33 heavy (non-hydrogen) atoms. The fraction of sp³-hybridized carbons (Fsp3) is 0.423. The van der Waals surface area contributed by atoms with Crippen LogP contribution in [0.1, 0.15) is 62.5 Å². The zero-order chi connectivity index (χ0) is 23.6. The first-order valence-corrected chi connectivity index (χ1v) is 11.6. The topological polar surface area (TPSA) is 105 Å². The van der Waals surface area contributed by atoms with Gasteiger partial charge in [0.15, 0.2) is 0 Å². The molecule has 3 rings (SSSR count). The minimum atomic E-state index is -0.859. The fourth-order valence-corrected chi connectivity index (χ4v) is 4.23. The van der Waals surface area contributed by atoms with Gasteiger partial charge in [0.2, 0.25) is 5.91 Å². The molecule has 2 aromatic carbocycles. The Kier molecular flexibility index (Phi) is 8.87. The lowest BCUT2D eigenvalue weighted by molar-refractivity contribution is -0.137. The first-order valence-electron chi connectivity index (χ1n) is 11.6. The van der Waals surface area contributed by atoms with Gasteiger partial charge in [-0.15, -0.1) is 0 Å². The third kappa shape index (κ3) is 6.81. The van der Waals surface area contributed by atoms with Crippen molar-refractivity contribution in [2.24, 2.45) is 0 Å². The smallest absolute Gasteiger partial charge is 0.407 e. The summed E-state index contributed by atoms with van der Waals surface area (Å²) in [4.78, 5) is 34.9. The molecule has 3 N–H and O–H groups in total. The Labute approximate surface area is 194 Å². The summed E-state index contributed by atoms with van der Waals surface area (Å²) in [6.45, 7) is 2.63. The van der Waals surface area contributed by atoms with Crippen LogP contribution in [0.2, 0.25) is 0 Å². The Balaban J connectivity index is 1.35. The van der Waals surface area contributed by atoms with Gasteiger partial charge in [-0.05, 0) is 47.9 Å². The third-order valence-electron chi connectivity index (χ3n) is 6.01. The molecule has 0 saturated carbocycles. The molecule has 0 heterocycles. The quantitative estimate of drug-likeness (QED) is 0.413. The van der Waals surface area contributed by atoms with Crippen LogP contribution < -0.4 is 10.6 Å². The molecule has 0 aliphatic heterocycles. The third-order valence-corrected chi connectivity index (χ3v) is 6.01. The molecule has 1 atom stereocenters. The molecule has 0 fully saturated rings. The van der Waals surface area contributed by atoms with Crippen LogP contribution in [0.15, 0.2) is 48.5 Å². The minimum Gasteiger partial charge on any atom is -0.481 e. The van der Waals surface area contributed by atoms with Crippen LogP contribution in [-0.2, 0) is 14.3 Å². The number of hydrogen-bond donors (Lipinski definition) is 3. The normalized spacial score (nSPS) is 13.0. The molecular formula is C26H32N2O5. The summed E-state index contributed by atoms with van der Waals surface area (Å²) in [5.74, 6) is -0.921. The summed E-state index contributed by atoms with van der Waals surface area (Å²) in [5.41, 5.74) is 4.72. The molecule has 1 aliphatic carbocycles. The van der Waals surface area contributed by atoms with Gasteiger partial charge in [0.05, 0.1) is 0 Å². The van der Waals surface area contributed by atoms with Gasteiger partial charge >= 0.3 is 12.1 Å². The number of nitrogens with one attached hydrogen (secondary N) is 2. The summed E-state index contributed by atoms with van der Waals surface area (Å²) in [7, 11) is 0. The fourth-order valence-electron chi connectivity index (χ4n) is 4.23. The van der Waals surface area contributed by atoms with Gasteiger partial charge in [0, 0.05) is 31.3 Å². The van der Waals surface area contributed by atoms with Crippen molar-refractivity contribution in [1.29, 1.82) is 0 Å². The number of fused-ring (bicyclic) bond motifs is 3. The van der Waals surface area contributed by atoms with Crippen LogP contribution >= 0.6 is 0 Å². The minimum absolute atomic E-state index is 0.0273. The molecule has 176 valence electrons. The molecular weight excluding hydrogens is 420 g/mol. The van der Waals surface area contributed by atoms with Crippen LogP contribution in [0.25, 0.3) is 11.1 Å². The Morgan fingerprint density at radius 3 is 2.21 bits per heavy atom. The Hall–Kier alpha value is -3.35. The zero-order valence-corrected chi connectivity index (χ0v) is 19.0. The summed E-state index contributed by atoms with van der Waals surface area (Å²) >= 11 is 0. The summed E-state index contributed by atoms with van der Waals surface area (Å²) in [5, 5.41) is 14.4. The maximum Gasteiger partial charge on any atom is 0.407 e. The second-order valence-electron chi connectivity index (χ2n) is 8.31. The average molecular weight is 453 g/mol. The predicted octanol–water partition coefficient (Wildman–Crippen LogP) is 4.46. The number of rotatable bonds is 12. The predicted molar refractivity (Wildman–Crippen MR) is 126 cm³/mol. The standard InChI is InChI=1S/C26H32N2O5/c1-2-18(14-15-25(30)31)28-24(29)13-7-8-16-27-26(32)33-17-23-21-11-5-3-9-19(21)20-10-4-6-12-22(20)23/h3-6,9-12,18,23H,2,7-8,13-17H2,1H3,(H,27,32)(H,28,29)(H,30,31). The number of ether oxygens (including phenoxy) is 1. The number of carbonyl (C=O) groups is 3. The number of aliphatic carboxylic acids is 1. The van der Waals surface area contributed by atoms with Crippen LogP contribution in [0.5, 0.6) is 0 Å². The van der Waals surface area contributed by atoms with E-state index in [4.69, 9.17) is 9.84 Å². The average Bonchev–Trinajstić information content (AvgIpc) is 3.13. The van der Waals surface area contributed by atoms with Crippen LogP contribution in [0.4, 0.5) is 4.79 Å². The largest absolute Gasteiger partial charge is 0.481 e. The molecule has 0 radical (unpaired) electrons. The van der Waals surface area contributed by atoms with Gasteiger partial charge in [0.25, 0.3) is 0 Å². The second-order valence-corrected chi connectivity index (χ2v) is 8.31. The van der Waals surface area contributed by atoms with Gasteiger partial charge < -0.3 is 20.5 Å². The van der Waals surface area contributed by atoms with E-state index in [9.17, 15) is 14.4 Å². The Morgan fingerprint density at radius 2 is 1.61 bits per heavy atom. The molecule has 0 bridgehead atoms. The Bertz CT molecular complexity index is 929. The first-order chi connectivity index (χ1) is 16.0. The second kappa shape index (κ2) is 12.0. The van der Waals surface area contributed by atoms with Crippen molar-refractivity contribution in [3.63, 3.8) is 0 Å². The summed E-state index contributed by atoms with van der Waals surface area (Å²) in [6.07, 6.45) is 2.34.